The van der Waals surface area contributed by atoms with Gasteiger partial charge in [0.05, 0.1) is 0 Å². The Kier molecular flexibility index (Phi) is 2.89. The smallest absolute Gasteiger partial charge is 0.253 e. The van der Waals surface area contributed by atoms with Gasteiger partial charge in [0.25, 0.3) is 5.79 Å². The molecule has 0 fully saturated rings. The van der Waals surface area contributed by atoms with E-state index in [1.165, 1.54) is 25.4 Å². The SMILES string of the molecule is CC(O)C(F)(c1ccc(F)cc1)n1cncn1. The van der Waals surface area contributed by atoms with Crippen molar-refractivity contribution in [3.8, 4) is 0 Å². The van der Waals surface area contributed by atoms with Crippen molar-refractivity contribution in [1.82, 2.24) is 14.8 Å². The van der Waals surface area contributed by atoms with Crippen LogP contribution in [-0.2, 0) is 5.79 Å². The predicted octanol–water partition coefficient (Wildman–Crippen LogP) is 1.47. The summed E-state index contributed by atoms with van der Waals surface area (Å²) in [6.45, 7) is 1.30. The molecule has 0 radical (unpaired) electrons. The molecule has 6 heteroatoms. The molecule has 0 aliphatic heterocycles. The van der Waals surface area contributed by atoms with Gasteiger partial charge in [0.1, 0.15) is 24.6 Å². The summed E-state index contributed by atoms with van der Waals surface area (Å²) in [5.41, 5.74) is 0.111. The van der Waals surface area contributed by atoms with E-state index in [2.05, 4.69) is 10.1 Å². The molecule has 0 spiro atoms. The molecule has 2 aromatic rings. The third-order valence-corrected chi connectivity index (χ3v) is 2.55. The Hall–Kier alpha value is -1.82. The molecule has 0 aliphatic rings. The second-order valence-electron chi connectivity index (χ2n) is 3.70. The molecular formula is C11H11F2N3O. The largest absolute Gasteiger partial charge is 0.388 e. The van der Waals surface area contributed by atoms with Crippen molar-refractivity contribution in [3.63, 3.8) is 0 Å². The van der Waals surface area contributed by atoms with Crippen LogP contribution in [0, 0.1) is 5.82 Å². The lowest BCUT2D eigenvalue weighted by atomic mass is 10.00. The van der Waals surface area contributed by atoms with Crippen molar-refractivity contribution >= 4 is 0 Å². The van der Waals surface area contributed by atoms with E-state index in [0.717, 1.165) is 23.1 Å². The summed E-state index contributed by atoms with van der Waals surface area (Å²) in [6.07, 6.45) is 0.978. The first-order valence-corrected chi connectivity index (χ1v) is 5.03. The fourth-order valence-corrected chi connectivity index (χ4v) is 1.62. The Morgan fingerprint density at radius 1 is 1.35 bits per heavy atom. The van der Waals surface area contributed by atoms with Crippen LogP contribution in [0.2, 0.25) is 0 Å². The molecule has 0 aliphatic carbocycles. The highest BCUT2D eigenvalue weighted by molar-refractivity contribution is 5.24. The second kappa shape index (κ2) is 4.21. The van der Waals surface area contributed by atoms with Crippen LogP contribution in [-0.4, -0.2) is 26.0 Å². The number of hydrogen-bond acceptors (Lipinski definition) is 3. The quantitative estimate of drug-likeness (QED) is 0.882. The van der Waals surface area contributed by atoms with Crippen molar-refractivity contribution in [2.75, 3.05) is 0 Å². The van der Waals surface area contributed by atoms with E-state index in [-0.39, 0.29) is 5.56 Å². The fraction of sp³-hybridized carbons (Fsp3) is 0.273. The van der Waals surface area contributed by atoms with Gasteiger partial charge in [-0.2, -0.15) is 5.10 Å². The Morgan fingerprint density at radius 2 is 2.00 bits per heavy atom. The molecule has 0 saturated carbocycles. The van der Waals surface area contributed by atoms with E-state index in [0.29, 0.717) is 0 Å². The molecule has 0 saturated heterocycles. The number of aliphatic hydroxyl groups is 1. The van der Waals surface area contributed by atoms with Gasteiger partial charge in [-0.25, -0.2) is 18.4 Å². The van der Waals surface area contributed by atoms with E-state index in [4.69, 9.17) is 0 Å². The van der Waals surface area contributed by atoms with Gasteiger partial charge in [-0.15, -0.1) is 0 Å². The van der Waals surface area contributed by atoms with Gasteiger partial charge in [-0.3, -0.25) is 0 Å². The first kappa shape index (κ1) is 11.7. The summed E-state index contributed by atoms with van der Waals surface area (Å²) in [5, 5.41) is 13.3. The zero-order valence-corrected chi connectivity index (χ0v) is 9.09. The van der Waals surface area contributed by atoms with Crippen LogP contribution in [0.5, 0.6) is 0 Å². The third-order valence-electron chi connectivity index (χ3n) is 2.55. The maximum Gasteiger partial charge on any atom is 0.253 e. The summed E-state index contributed by atoms with van der Waals surface area (Å²) < 4.78 is 28.5. The summed E-state index contributed by atoms with van der Waals surface area (Å²) in [6, 6.07) is 4.79. The molecule has 0 bridgehead atoms. The Bertz CT molecular complexity index is 484. The summed E-state index contributed by atoms with van der Waals surface area (Å²) >= 11 is 0. The first-order valence-electron chi connectivity index (χ1n) is 5.03. The average molecular weight is 239 g/mol. The molecule has 1 heterocycles. The Balaban J connectivity index is 2.52. The molecule has 90 valence electrons. The molecule has 2 rings (SSSR count). The number of nitrogens with zero attached hydrogens (tertiary/aromatic N) is 3. The van der Waals surface area contributed by atoms with Crippen LogP contribution in [0.4, 0.5) is 8.78 Å². The van der Waals surface area contributed by atoms with Gasteiger partial charge >= 0.3 is 0 Å². The van der Waals surface area contributed by atoms with Gasteiger partial charge in [0.15, 0.2) is 0 Å². The van der Waals surface area contributed by atoms with Crippen LogP contribution in [0.15, 0.2) is 36.9 Å². The normalized spacial score (nSPS) is 16.5. The van der Waals surface area contributed by atoms with E-state index in [1.54, 1.807) is 0 Å². The number of aromatic nitrogens is 3. The highest BCUT2D eigenvalue weighted by atomic mass is 19.1. The van der Waals surface area contributed by atoms with E-state index >= 15 is 0 Å². The average Bonchev–Trinajstić information content (AvgIpc) is 2.82. The highest BCUT2D eigenvalue weighted by Gasteiger charge is 2.40. The van der Waals surface area contributed by atoms with E-state index in [9.17, 15) is 13.9 Å². The maximum atomic E-state index is 14.8. The van der Waals surface area contributed by atoms with Crippen molar-refractivity contribution < 1.29 is 13.9 Å². The first-order chi connectivity index (χ1) is 8.05. The van der Waals surface area contributed by atoms with Crippen molar-refractivity contribution in [2.24, 2.45) is 0 Å². The van der Waals surface area contributed by atoms with Crippen molar-refractivity contribution in [1.29, 1.82) is 0 Å². The molecule has 0 amide bonds. The zero-order chi connectivity index (χ0) is 12.5. The molecule has 17 heavy (non-hydrogen) atoms. The lowest BCUT2D eigenvalue weighted by Gasteiger charge is -2.28. The van der Waals surface area contributed by atoms with Gasteiger partial charge < -0.3 is 5.11 Å². The molecule has 4 nitrogen and oxygen atoms in total. The summed E-state index contributed by atoms with van der Waals surface area (Å²) in [5.74, 6) is -2.73. The minimum atomic E-state index is -2.26. The van der Waals surface area contributed by atoms with Crippen LogP contribution in [0.25, 0.3) is 0 Å². The number of rotatable bonds is 3. The Morgan fingerprint density at radius 3 is 2.47 bits per heavy atom. The standard InChI is InChI=1S/C11H11F2N3O/c1-8(17)11(13,16-7-14-6-15-16)9-2-4-10(12)5-3-9/h2-8,17H,1H3. The van der Waals surface area contributed by atoms with Crippen LogP contribution < -0.4 is 0 Å². The molecule has 2 atom stereocenters. The van der Waals surface area contributed by atoms with E-state index < -0.39 is 17.7 Å². The maximum absolute atomic E-state index is 14.8. The summed E-state index contributed by atoms with van der Waals surface area (Å²) in [7, 11) is 0. The van der Waals surface area contributed by atoms with Gasteiger partial charge in [-0.05, 0) is 19.1 Å². The van der Waals surface area contributed by atoms with Gasteiger partial charge in [0, 0.05) is 5.56 Å². The monoisotopic (exact) mass is 239 g/mol. The number of hydrogen-bond donors (Lipinski definition) is 1. The zero-order valence-electron chi connectivity index (χ0n) is 9.09. The Labute approximate surface area is 96.5 Å². The summed E-state index contributed by atoms with van der Waals surface area (Å²) in [4.78, 5) is 3.64. The molecule has 1 aromatic carbocycles. The second-order valence-corrected chi connectivity index (χ2v) is 3.70. The topological polar surface area (TPSA) is 50.9 Å². The van der Waals surface area contributed by atoms with E-state index in [1.807, 2.05) is 0 Å². The molecular weight excluding hydrogens is 228 g/mol. The van der Waals surface area contributed by atoms with Crippen LogP contribution in [0.3, 0.4) is 0 Å². The molecule has 1 aromatic heterocycles. The lowest BCUT2D eigenvalue weighted by molar-refractivity contribution is -0.0337. The molecule has 1 N–H and O–H groups in total. The molecule has 2 unspecified atom stereocenters. The number of benzene rings is 1. The fourth-order valence-electron chi connectivity index (χ4n) is 1.62. The predicted molar refractivity (Wildman–Crippen MR) is 56.3 cm³/mol. The van der Waals surface area contributed by atoms with Crippen LogP contribution >= 0.6 is 0 Å². The van der Waals surface area contributed by atoms with Crippen LogP contribution in [0.1, 0.15) is 12.5 Å². The minimum absolute atomic E-state index is 0.111. The number of aliphatic hydroxyl groups excluding tert-OH is 1. The minimum Gasteiger partial charge on any atom is -0.388 e. The third kappa shape index (κ3) is 1.91. The van der Waals surface area contributed by atoms with Crippen molar-refractivity contribution in [2.45, 2.75) is 18.8 Å². The highest BCUT2D eigenvalue weighted by Crippen LogP contribution is 2.31. The van der Waals surface area contributed by atoms with Gasteiger partial charge in [-0.1, -0.05) is 12.1 Å². The number of alkyl halides is 1. The lowest BCUT2D eigenvalue weighted by Crippen LogP contribution is -2.41. The van der Waals surface area contributed by atoms with Crippen molar-refractivity contribution in [3.05, 3.63) is 48.3 Å². The van der Waals surface area contributed by atoms with Gasteiger partial charge in [0.2, 0.25) is 0 Å². The number of halogens is 2.